The number of aromatic nitrogens is 1. The number of ether oxygens (including phenoxy) is 1. The van der Waals surface area contributed by atoms with Crippen molar-refractivity contribution < 1.29 is 14.3 Å². The Hall–Kier alpha value is -3.08. The van der Waals surface area contributed by atoms with Crippen molar-refractivity contribution in [1.29, 1.82) is 0 Å². The van der Waals surface area contributed by atoms with Crippen molar-refractivity contribution >= 4 is 28.5 Å². The van der Waals surface area contributed by atoms with E-state index in [4.69, 9.17) is 4.74 Å². The predicted molar refractivity (Wildman–Crippen MR) is 97.6 cm³/mol. The number of fused-ring (bicyclic) bond motifs is 1. The molecule has 0 N–H and O–H groups in total. The molecule has 1 aromatic heterocycles. The molecule has 5 heteroatoms. The number of esters is 1. The number of carbonyl (C=O) groups excluding carboxylic acids is 2. The number of aryl methyl sites for hydroxylation is 1. The Bertz CT molecular complexity index is 915. The van der Waals surface area contributed by atoms with Crippen molar-refractivity contribution in [2.24, 2.45) is 7.05 Å². The van der Waals surface area contributed by atoms with Gasteiger partial charge < -0.3 is 14.2 Å². The molecule has 0 aliphatic carbocycles. The normalized spacial score (nSPS) is 12.0. The second-order valence-electron chi connectivity index (χ2n) is 5.95. The van der Waals surface area contributed by atoms with Crippen molar-refractivity contribution in [2.45, 2.75) is 13.0 Å². The summed E-state index contributed by atoms with van der Waals surface area (Å²) in [5, 5.41) is 0.811. The van der Waals surface area contributed by atoms with Crippen LogP contribution in [0.4, 0.5) is 5.69 Å². The predicted octanol–water partition coefficient (Wildman–Crippen LogP) is 3.39. The Kier molecular flexibility index (Phi) is 4.57. The Balaban J connectivity index is 1.77. The molecule has 0 bridgehead atoms. The average Bonchev–Trinajstić information content (AvgIpc) is 2.98. The van der Waals surface area contributed by atoms with Gasteiger partial charge in [0.2, 0.25) is 0 Å². The van der Waals surface area contributed by atoms with Gasteiger partial charge in [-0.05, 0) is 25.1 Å². The van der Waals surface area contributed by atoms with Crippen LogP contribution in [0.25, 0.3) is 10.9 Å². The number of hydrogen-bond donors (Lipinski definition) is 0. The van der Waals surface area contributed by atoms with E-state index < -0.39 is 12.1 Å². The molecule has 128 valence electrons. The quantitative estimate of drug-likeness (QED) is 0.686. The third-order valence-electron chi connectivity index (χ3n) is 4.22. The van der Waals surface area contributed by atoms with Gasteiger partial charge in [0.25, 0.3) is 5.91 Å². The van der Waals surface area contributed by atoms with Gasteiger partial charge in [0.15, 0.2) is 6.10 Å². The third-order valence-corrected chi connectivity index (χ3v) is 4.22. The van der Waals surface area contributed by atoms with E-state index >= 15 is 0 Å². The molecule has 1 heterocycles. The highest BCUT2D eigenvalue weighted by molar-refractivity contribution is 6.05. The summed E-state index contributed by atoms with van der Waals surface area (Å²) in [5.41, 5.74) is 2.15. The van der Waals surface area contributed by atoms with E-state index in [1.807, 2.05) is 66.2 Å². The molecule has 0 aliphatic rings. The molecule has 5 nitrogen and oxygen atoms in total. The van der Waals surface area contributed by atoms with Gasteiger partial charge in [-0.1, -0.05) is 36.4 Å². The highest BCUT2D eigenvalue weighted by atomic mass is 16.5. The summed E-state index contributed by atoms with van der Waals surface area (Å²) in [4.78, 5) is 26.5. The second-order valence-corrected chi connectivity index (χ2v) is 5.95. The molecular formula is C20H20N2O3. The zero-order valence-electron chi connectivity index (χ0n) is 14.5. The molecule has 1 unspecified atom stereocenters. The van der Waals surface area contributed by atoms with E-state index in [0.29, 0.717) is 5.56 Å². The average molecular weight is 336 g/mol. The first kappa shape index (κ1) is 16.8. The lowest BCUT2D eigenvalue weighted by Gasteiger charge is -2.21. The molecule has 3 aromatic rings. The molecule has 0 spiro atoms. The summed E-state index contributed by atoms with van der Waals surface area (Å²) in [5.74, 6) is -0.779. The van der Waals surface area contributed by atoms with Crippen molar-refractivity contribution in [3.05, 3.63) is 66.4 Å². The summed E-state index contributed by atoms with van der Waals surface area (Å²) >= 11 is 0. The number of rotatable bonds is 4. The van der Waals surface area contributed by atoms with Gasteiger partial charge in [-0.15, -0.1) is 0 Å². The first-order valence-corrected chi connectivity index (χ1v) is 8.06. The summed E-state index contributed by atoms with van der Waals surface area (Å²) in [7, 11) is 3.54. The number of nitrogens with zero attached hydrogens (tertiary/aromatic N) is 2. The molecule has 1 atom stereocenters. The van der Waals surface area contributed by atoms with Crippen LogP contribution in [-0.2, 0) is 16.6 Å². The monoisotopic (exact) mass is 336 g/mol. The lowest BCUT2D eigenvalue weighted by molar-refractivity contribution is -0.126. The maximum absolute atomic E-state index is 12.5. The number of likely N-dealkylation sites (N-methyl/N-ethyl adjacent to an activating group) is 1. The largest absolute Gasteiger partial charge is 0.449 e. The van der Waals surface area contributed by atoms with Gasteiger partial charge in [-0.25, -0.2) is 4.79 Å². The van der Waals surface area contributed by atoms with E-state index in [0.717, 1.165) is 16.6 Å². The Labute approximate surface area is 146 Å². The van der Waals surface area contributed by atoms with Gasteiger partial charge >= 0.3 is 5.97 Å². The molecule has 0 saturated heterocycles. The number of hydrogen-bond acceptors (Lipinski definition) is 3. The van der Waals surface area contributed by atoms with Crippen molar-refractivity contribution in [2.75, 3.05) is 11.9 Å². The van der Waals surface area contributed by atoms with Crippen LogP contribution in [0.5, 0.6) is 0 Å². The van der Waals surface area contributed by atoms with Gasteiger partial charge in [0.05, 0.1) is 5.56 Å². The van der Waals surface area contributed by atoms with Gasteiger partial charge in [-0.2, -0.15) is 0 Å². The molecule has 0 aliphatic heterocycles. The van der Waals surface area contributed by atoms with Crippen LogP contribution in [0.3, 0.4) is 0 Å². The fourth-order valence-corrected chi connectivity index (χ4v) is 2.83. The highest BCUT2D eigenvalue weighted by Gasteiger charge is 2.24. The van der Waals surface area contributed by atoms with E-state index in [-0.39, 0.29) is 5.91 Å². The van der Waals surface area contributed by atoms with Crippen molar-refractivity contribution in [3.8, 4) is 0 Å². The summed E-state index contributed by atoms with van der Waals surface area (Å²) in [6, 6.07) is 16.8. The molecule has 3 rings (SSSR count). The van der Waals surface area contributed by atoms with Crippen LogP contribution < -0.4 is 4.90 Å². The van der Waals surface area contributed by atoms with Crippen molar-refractivity contribution in [1.82, 2.24) is 4.57 Å². The van der Waals surface area contributed by atoms with Crippen LogP contribution in [-0.4, -0.2) is 29.6 Å². The van der Waals surface area contributed by atoms with Crippen LogP contribution in [0.15, 0.2) is 60.8 Å². The van der Waals surface area contributed by atoms with Gasteiger partial charge in [0, 0.05) is 36.9 Å². The smallest absolute Gasteiger partial charge is 0.341 e. The van der Waals surface area contributed by atoms with E-state index in [1.54, 1.807) is 20.2 Å². The Morgan fingerprint density at radius 3 is 2.40 bits per heavy atom. The molecule has 25 heavy (non-hydrogen) atoms. The Morgan fingerprint density at radius 1 is 1.04 bits per heavy atom. The highest BCUT2D eigenvalue weighted by Crippen LogP contribution is 2.22. The summed E-state index contributed by atoms with van der Waals surface area (Å²) < 4.78 is 7.29. The first-order valence-electron chi connectivity index (χ1n) is 8.06. The molecular weight excluding hydrogens is 316 g/mol. The summed E-state index contributed by atoms with van der Waals surface area (Å²) in [6.07, 6.45) is 0.849. The lowest BCUT2D eigenvalue weighted by atomic mass is 10.2. The molecule has 2 aromatic carbocycles. The topological polar surface area (TPSA) is 51.5 Å². The van der Waals surface area contributed by atoms with Crippen LogP contribution in [0, 0.1) is 0 Å². The molecule has 0 fully saturated rings. The molecule has 0 radical (unpaired) electrons. The number of anilines is 1. The Morgan fingerprint density at radius 2 is 1.68 bits per heavy atom. The van der Waals surface area contributed by atoms with Crippen molar-refractivity contribution in [3.63, 3.8) is 0 Å². The standard InChI is InChI=1S/C20H20N2O3/c1-14(19(23)22(3)15-9-5-4-6-10-15)25-20(24)17-13-21(2)18-12-8-7-11-16(17)18/h4-14H,1-3H3. The minimum Gasteiger partial charge on any atom is -0.449 e. The maximum Gasteiger partial charge on any atom is 0.341 e. The fourth-order valence-electron chi connectivity index (χ4n) is 2.83. The first-order chi connectivity index (χ1) is 12.0. The summed E-state index contributed by atoms with van der Waals surface area (Å²) in [6.45, 7) is 1.59. The fraction of sp³-hybridized carbons (Fsp3) is 0.200. The minimum absolute atomic E-state index is 0.278. The van der Waals surface area contributed by atoms with Crippen LogP contribution >= 0.6 is 0 Å². The zero-order chi connectivity index (χ0) is 18.0. The van der Waals surface area contributed by atoms with E-state index in [1.165, 1.54) is 4.90 Å². The number of para-hydroxylation sites is 2. The number of benzene rings is 2. The van der Waals surface area contributed by atoms with Crippen LogP contribution in [0.1, 0.15) is 17.3 Å². The molecule has 1 amide bonds. The minimum atomic E-state index is -0.878. The molecule has 0 saturated carbocycles. The van der Waals surface area contributed by atoms with Crippen LogP contribution in [0.2, 0.25) is 0 Å². The number of carbonyl (C=O) groups is 2. The number of amides is 1. The maximum atomic E-state index is 12.5. The SMILES string of the molecule is CC(OC(=O)c1cn(C)c2ccccc12)C(=O)N(C)c1ccccc1. The lowest BCUT2D eigenvalue weighted by Crippen LogP contribution is -2.37. The zero-order valence-corrected chi connectivity index (χ0v) is 14.5. The third kappa shape index (κ3) is 3.26. The van der Waals surface area contributed by atoms with E-state index in [2.05, 4.69) is 0 Å². The van der Waals surface area contributed by atoms with Gasteiger partial charge in [-0.3, -0.25) is 4.79 Å². The van der Waals surface area contributed by atoms with E-state index in [9.17, 15) is 9.59 Å². The second kappa shape index (κ2) is 6.81. The van der Waals surface area contributed by atoms with Gasteiger partial charge in [0.1, 0.15) is 0 Å².